The third-order valence-corrected chi connectivity index (χ3v) is 3.34. The summed E-state index contributed by atoms with van der Waals surface area (Å²) in [6, 6.07) is 8.45. The summed E-state index contributed by atoms with van der Waals surface area (Å²) in [5, 5.41) is 2.90. The fourth-order valence-electron chi connectivity index (χ4n) is 2.07. The van der Waals surface area contributed by atoms with Crippen molar-refractivity contribution in [2.45, 2.75) is 26.6 Å². The van der Waals surface area contributed by atoms with Crippen LogP contribution in [0.5, 0.6) is 0 Å². The summed E-state index contributed by atoms with van der Waals surface area (Å²) in [4.78, 5) is 0. The van der Waals surface area contributed by atoms with Gasteiger partial charge >= 0.3 is 6.18 Å². The smallest absolute Gasteiger partial charge is 0.381 e. The second-order valence-electron chi connectivity index (χ2n) is 4.95. The maximum absolute atomic E-state index is 13.2. The van der Waals surface area contributed by atoms with Crippen molar-refractivity contribution in [1.82, 2.24) is 0 Å². The standard InChI is InChI=1S/C16H15F4N/c1-10-3-5-13(17)7-12(10)9-21-14-6-4-11(2)15(8-14)16(18,19)20/h3-8,21H,9H2,1-2H3. The summed E-state index contributed by atoms with van der Waals surface area (Å²) in [5.74, 6) is -0.364. The van der Waals surface area contributed by atoms with E-state index in [4.69, 9.17) is 0 Å². The maximum atomic E-state index is 13.2. The van der Waals surface area contributed by atoms with E-state index >= 15 is 0 Å². The lowest BCUT2D eigenvalue weighted by Gasteiger charge is -2.14. The van der Waals surface area contributed by atoms with E-state index in [-0.39, 0.29) is 17.9 Å². The third kappa shape index (κ3) is 3.74. The van der Waals surface area contributed by atoms with Crippen molar-refractivity contribution in [1.29, 1.82) is 0 Å². The summed E-state index contributed by atoms with van der Waals surface area (Å²) in [5.41, 5.74) is 1.46. The van der Waals surface area contributed by atoms with E-state index in [2.05, 4.69) is 5.32 Å². The van der Waals surface area contributed by atoms with E-state index in [9.17, 15) is 17.6 Å². The zero-order valence-corrected chi connectivity index (χ0v) is 11.7. The van der Waals surface area contributed by atoms with Crippen molar-refractivity contribution in [3.05, 3.63) is 64.5 Å². The molecule has 0 aliphatic rings. The zero-order chi connectivity index (χ0) is 15.6. The predicted octanol–water partition coefficient (Wildman–Crippen LogP) is 5.07. The third-order valence-electron chi connectivity index (χ3n) is 3.34. The first kappa shape index (κ1) is 15.4. The van der Waals surface area contributed by atoms with E-state index in [1.54, 1.807) is 12.1 Å². The first-order valence-corrected chi connectivity index (χ1v) is 6.44. The van der Waals surface area contributed by atoms with E-state index in [0.717, 1.165) is 11.6 Å². The Morgan fingerprint density at radius 1 is 0.952 bits per heavy atom. The highest BCUT2D eigenvalue weighted by atomic mass is 19.4. The van der Waals surface area contributed by atoms with Crippen LogP contribution in [-0.2, 0) is 12.7 Å². The van der Waals surface area contributed by atoms with Gasteiger partial charge in [-0.1, -0.05) is 12.1 Å². The molecule has 0 saturated carbocycles. The Morgan fingerprint density at radius 3 is 2.29 bits per heavy atom. The van der Waals surface area contributed by atoms with Crippen LogP contribution in [0.4, 0.5) is 23.2 Å². The lowest BCUT2D eigenvalue weighted by Crippen LogP contribution is -2.09. The molecular weight excluding hydrogens is 282 g/mol. The molecule has 0 saturated heterocycles. The Morgan fingerprint density at radius 2 is 1.62 bits per heavy atom. The van der Waals surface area contributed by atoms with Crippen molar-refractivity contribution < 1.29 is 17.6 Å². The Balaban J connectivity index is 2.19. The van der Waals surface area contributed by atoms with Gasteiger partial charge in [0, 0.05) is 12.2 Å². The average molecular weight is 297 g/mol. The summed E-state index contributed by atoms with van der Waals surface area (Å²) >= 11 is 0. The van der Waals surface area contributed by atoms with Gasteiger partial charge in [-0.25, -0.2) is 4.39 Å². The van der Waals surface area contributed by atoms with E-state index in [1.807, 2.05) is 6.92 Å². The normalized spacial score (nSPS) is 11.5. The van der Waals surface area contributed by atoms with Crippen molar-refractivity contribution in [2.75, 3.05) is 5.32 Å². The van der Waals surface area contributed by atoms with Crippen LogP contribution in [-0.4, -0.2) is 0 Å². The molecule has 0 aromatic heterocycles. The van der Waals surface area contributed by atoms with Gasteiger partial charge in [0.25, 0.3) is 0 Å². The molecule has 0 aliphatic carbocycles. The van der Waals surface area contributed by atoms with Crippen molar-refractivity contribution in [3.63, 3.8) is 0 Å². The Kier molecular flexibility index (Phi) is 4.21. The molecule has 0 amide bonds. The van der Waals surface area contributed by atoms with Crippen molar-refractivity contribution in [3.8, 4) is 0 Å². The molecule has 2 aromatic rings. The molecule has 0 bridgehead atoms. The molecule has 0 radical (unpaired) electrons. The van der Waals surface area contributed by atoms with Crippen LogP contribution in [0.3, 0.4) is 0 Å². The van der Waals surface area contributed by atoms with Gasteiger partial charge in [0.05, 0.1) is 5.56 Å². The van der Waals surface area contributed by atoms with Crippen LogP contribution >= 0.6 is 0 Å². The molecule has 0 unspecified atom stereocenters. The maximum Gasteiger partial charge on any atom is 0.416 e. The van der Waals surface area contributed by atoms with Crippen LogP contribution in [0.2, 0.25) is 0 Å². The molecule has 0 fully saturated rings. The topological polar surface area (TPSA) is 12.0 Å². The predicted molar refractivity (Wildman–Crippen MR) is 74.6 cm³/mol. The Labute approximate surface area is 120 Å². The van der Waals surface area contributed by atoms with Gasteiger partial charge in [-0.3, -0.25) is 0 Å². The number of rotatable bonds is 3. The SMILES string of the molecule is Cc1ccc(F)cc1CNc1ccc(C)c(C(F)(F)F)c1. The summed E-state index contributed by atoms with van der Waals surface area (Å²) < 4.78 is 51.7. The molecule has 0 aliphatic heterocycles. The number of anilines is 1. The molecule has 5 heteroatoms. The fourth-order valence-corrected chi connectivity index (χ4v) is 2.07. The lowest BCUT2D eigenvalue weighted by molar-refractivity contribution is -0.138. The number of hydrogen-bond donors (Lipinski definition) is 1. The van der Waals surface area contributed by atoms with Crippen LogP contribution in [0.25, 0.3) is 0 Å². The largest absolute Gasteiger partial charge is 0.416 e. The minimum atomic E-state index is -4.38. The van der Waals surface area contributed by atoms with E-state index < -0.39 is 11.7 Å². The number of aryl methyl sites for hydroxylation is 2. The van der Waals surface area contributed by atoms with Gasteiger partial charge in [0.1, 0.15) is 5.82 Å². The number of halogens is 4. The van der Waals surface area contributed by atoms with E-state index in [0.29, 0.717) is 11.3 Å². The minimum Gasteiger partial charge on any atom is -0.381 e. The highest BCUT2D eigenvalue weighted by Gasteiger charge is 2.32. The van der Waals surface area contributed by atoms with Gasteiger partial charge in [0.2, 0.25) is 0 Å². The van der Waals surface area contributed by atoms with Gasteiger partial charge < -0.3 is 5.32 Å². The highest BCUT2D eigenvalue weighted by Crippen LogP contribution is 2.33. The van der Waals surface area contributed by atoms with E-state index in [1.165, 1.54) is 25.1 Å². The number of hydrogen-bond acceptors (Lipinski definition) is 1. The monoisotopic (exact) mass is 297 g/mol. The van der Waals surface area contributed by atoms with Gasteiger partial charge in [0.15, 0.2) is 0 Å². The highest BCUT2D eigenvalue weighted by molar-refractivity contribution is 5.50. The molecule has 0 atom stereocenters. The molecule has 2 aromatic carbocycles. The van der Waals surface area contributed by atoms with Crippen LogP contribution in [0, 0.1) is 19.7 Å². The molecule has 112 valence electrons. The number of alkyl halides is 3. The van der Waals surface area contributed by atoms with Crippen LogP contribution in [0.15, 0.2) is 36.4 Å². The molecule has 1 N–H and O–H groups in total. The summed E-state index contributed by atoms with van der Waals surface area (Å²) in [7, 11) is 0. The number of nitrogens with one attached hydrogen (secondary N) is 1. The second kappa shape index (κ2) is 5.76. The first-order valence-electron chi connectivity index (χ1n) is 6.44. The second-order valence-corrected chi connectivity index (χ2v) is 4.95. The fraction of sp³-hybridized carbons (Fsp3) is 0.250. The molecule has 2 rings (SSSR count). The molecule has 0 heterocycles. The first-order chi connectivity index (χ1) is 9.77. The number of benzene rings is 2. The molecule has 21 heavy (non-hydrogen) atoms. The molecule has 1 nitrogen and oxygen atoms in total. The Hall–Kier alpha value is -2.04. The summed E-state index contributed by atoms with van der Waals surface area (Å²) in [6.07, 6.45) is -4.38. The van der Waals surface area contributed by atoms with Crippen molar-refractivity contribution >= 4 is 5.69 Å². The Bertz CT molecular complexity index is 647. The molecular formula is C16H15F4N. The summed E-state index contributed by atoms with van der Waals surface area (Å²) in [6.45, 7) is 3.51. The lowest BCUT2D eigenvalue weighted by atomic mass is 10.1. The van der Waals surface area contributed by atoms with Gasteiger partial charge in [-0.2, -0.15) is 13.2 Å². The quantitative estimate of drug-likeness (QED) is 0.780. The van der Waals surface area contributed by atoms with Gasteiger partial charge in [-0.05, 0) is 54.8 Å². The van der Waals surface area contributed by atoms with Crippen LogP contribution < -0.4 is 5.32 Å². The molecule has 0 spiro atoms. The van der Waals surface area contributed by atoms with Crippen LogP contribution in [0.1, 0.15) is 22.3 Å². The minimum absolute atomic E-state index is 0.176. The zero-order valence-electron chi connectivity index (χ0n) is 11.7. The van der Waals surface area contributed by atoms with Crippen molar-refractivity contribution in [2.24, 2.45) is 0 Å². The van der Waals surface area contributed by atoms with Gasteiger partial charge in [-0.15, -0.1) is 0 Å². The average Bonchev–Trinajstić information content (AvgIpc) is 2.40.